The third-order valence-electron chi connectivity index (χ3n) is 5.07. The average molecular weight is 417 g/mol. The van der Waals surface area contributed by atoms with Crippen LogP contribution in [0.2, 0.25) is 0 Å². The molecule has 160 valence electrons. The first-order valence-electron chi connectivity index (χ1n) is 9.66. The highest BCUT2D eigenvalue weighted by molar-refractivity contribution is 6.08. The zero-order valence-corrected chi connectivity index (χ0v) is 16.6. The van der Waals surface area contributed by atoms with Crippen molar-refractivity contribution in [2.75, 3.05) is 13.2 Å². The summed E-state index contributed by atoms with van der Waals surface area (Å²) in [6.07, 6.45) is 3.69. The van der Waals surface area contributed by atoms with Gasteiger partial charge in [-0.3, -0.25) is 19.8 Å². The first-order chi connectivity index (χ1) is 14.3. The molecule has 1 aromatic carbocycles. The number of esters is 1. The Bertz CT molecular complexity index is 877. The Hall–Kier alpha value is -3.43. The van der Waals surface area contributed by atoms with E-state index < -0.39 is 42.6 Å². The molecule has 10 heteroatoms. The number of imide groups is 1. The first kappa shape index (κ1) is 21.3. The topological polar surface area (TPSA) is 131 Å². The summed E-state index contributed by atoms with van der Waals surface area (Å²) < 4.78 is 10.1. The van der Waals surface area contributed by atoms with Gasteiger partial charge in [0.2, 0.25) is 0 Å². The van der Waals surface area contributed by atoms with E-state index in [4.69, 9.17) is 9.47 Å². The van der Waals surface area contributed by atoms with Crippen molar-refractivity contribution in [1.29, 1.82) is 0 Å². The Morgan fingerprint density at radius 2 is 1.87 bits per heavy atom. The second kappa shape index (κ2) is 8.93. The summed E-state index contributed by atoms with van der Waals surface area (Å²) >= 11 is 0. The molecule has 0 unspecified atom stereocenters. The maximum absolute atomic E-state index is 12.6. The summed E-state index contributed by atoms with van der Waals surface area (Å²) in [5.41, 5.74) is 1.65. The third kappa shape index (κ3) is 4.76. The zero-order valence-electron chi connectivity index (χ0n) is 16.6. The molecule has 1 saturated heterocycles. The van der Waals surface area contributed by atoms with E-state index in [1.807, 2.05) is 0 Å². The lowest BCUT2D eigenvalue weighted by atomic mass is 9.82. The van der Waals surface area contributed by atoms with Crippen molar-refractivity contribution in [2.24, 2.45) is 0 Å². The van der Waals surface area contributed by atoms with Crippen molar-refractivity contribution in [3.8, 4) is 5.75 Å². The second-order valence-corrected chi connectivity index (χ2v) is 7.28. The highest BCUT2D eigenvalue weighted by Gasteiger charge is 2.52. The van der Waals surface area contributed by atoms with Crippen molar-refractivity contribution < 1.29 is 33.4 Å². The predicted octanol–water partition coefficient (Wildman–Crippen LogP) is 1.10. The van der Waals surface area contributed by atoms with E-state index in [0.29, 0.717) is 29.2 Å². The number of hydrogen-bond donors (Lipinski definition) is 2. The minimum Gasteiger partial charge on any atom is -0.482 e. The number of hydrazine groups is 1. The average Bonchev–Trinajstić information content (AvgIpc) is 2.95. The molecular formula is C20H23N3O7. The van der Waals surface area contributed by atoms with Gasteiger partial charge in [-0.15, -0.1) is 0 Å². The van der Waals surface area contributed by atoms with Crippen LogP contribution in [0.3, 0.4) is 0 Å². The van der Waals surface area contributed by atoms with Gasteiger partial charge in [-0.25, -0.2) is 9.59 Å². The lowest BCUT2D eigenvalue weighted by Crippen LogP contribution is -2.51. The molecule has 30 heavy (non-hydrogen) atoms. The van der Waals surface area contributed by atoms with Crippen LogP contribution in [-0.2, 0) is 19.1 Å². The van der Waals surface area contributed by atoms with Gasteiger partial charge in [0, 0.05) is 5.56 Å². The summed E-state index contributed by atoms with van der Waals surface area (Å²) in [7, 11) is 0. The number of urea groups is 1. The number of amides is 4. The Balaban J connectivity index is 1.45. The Morgan fingerprint density at radius 1 is 1.13 bits per heavy atom. The summed E-state index contributed by atoms with van der Waals surface area (Å²) in [4.78, 5) is 59.8. The quantitative estimate of drug-likeness (QED) is 0.386. The molecule has 2 N–H and O–H groups in total. The number of Topliss-reactive ketones (excluding diaryl/α,β-unsaturated/α-hetero) is 1. The molecule has 2 aliphatic rings. The number of rotatable bonds is 7. The van der Waals surface area contributed by atoms with E-state index in [2.05, 4.69) is 10.7 Å². The van der Waals surface area contributed by atoms with Crippen LogP contribution in [-0.4, -0.2) is 53.4 Å². The van der Waals surface area contributed by atoms with Gasteiger partial charge < -0.3 is 14.8 Å². The number of ketones is 1. The SMILES string of the molecule is CC(=O)c1cccc(OCC(=O)OCC(=O)NN2C(=O)NC3(CCCCC3)C2=O)c1. The van der Waals surface area contributed by atoms with Gasteiger partial charge in [0.15, 0.2) is 19.0 Å². The third-order valence-corrected chi connectivity index (χ3v) is 5.07. The number of carbonyl (C=O) groups is 5. The molecule has 1 aliphatic heterocycles. The van der Waals surface area contributed by atoms with Gasteiger partial charge in [0.25, 0.3) is 11.8 Å². The van der Waals surface area contributed by atoms with Crippen LogP contribution >= 0.6 is 0 Å². The fourth-order valence-electron chi connectivity index (χ4n) is 3.51. The number of carbonyl (C=O) groups excluding carboxylic acids is 5. The minimum atomic E-state index is -0.957. The Labute approximate surface area is 172 Å². The normalized spacial score (nSPS) is 17.4. The van der Waals surface area contributed by atoms with E-state index in [-0.39, 0.29) is 5.78 Å². The van der Waals surface area contributed by atoms with Gasteiger partial charge >= 0.3 is 12.0 Å². The maximum Gasteiger partial charge on any atom is 0.344 e. The molecule has 0 atom stereocenters. The molecule has 3 rings (SSSR count). The van der Waals surface area contributed by atoms with Crippen LogP contribution in [0.25, 0.3) is 0 Å². The maximum atomic E-state index is 12.6. The lowest BCUT2D eigenvalue weighted by Gasteiger charge is -2.30. The molecule has 1 aliphatic carbocycles. The van der Waals surface area contributed by atoms with E-state index in [9.17, 15) is 24.0 Å². The number of hydrogen-bond acceptors (Lipinski definition) is 7. The van der Waals surface area contributed by atoms with E-state index >= 15 is 0 Å². The summed E-state index contributed by atoms with van der Waals surface area (Å²) in [6, 6.07) is 5.59. The van der Waals surface area contributed by atoms with Gasteiger partial charge in [0.05, 0.1) is 0 Å². The van der Waals surface area contributed by atoms with Crippen molar-refractivity contribution in [3.05, 3.63) is 29.8 Å². The van der Waals surface area contributed by atoms with Crippen molar-refractivity contribution in [1.82, 2.24) is 15.8 Å². The van der Waals surface area contributed by atoms with Crippen LogP contribution in [0.4, 0.5) is 4.79 Å². The molecule has 0 bridgehead atoms. The smallest absolute Gasteiger partial charge is 0.344 e. The highest BCUT2D eigenvalue weighted by Crippen LogP contribution is 2.32. The molecular weight excluding hydrogens is 394 g/mol. The molecule has 1 saturated carbocycles. The van der Waals surface area contributed by atoms with Crippen LogP contribution in [0.1, 0.15) is 49.4 Å². The van der Waals surface area contributed by atoms with Crippen molar-refractivity contribution in [2.45, 2.75) is 44.6 Å². The molecule has 4 amide bonds. The highest BCUT2D eigenvalue weighted by atomic mass is 16.6. The fourth-order valence-corrected chi connectivity index (χ4v) is 3.51. The van der Waals surface area contributed by atoms with Crippen LogP contribution in [0, 0.1) is 0 Å². The van der Waals surface area contributed by atoms with Crippen molar-refractivity contribution in [3.63, 3.8) is 0 Å². The number of nitrogens with one attached hydrogen (secondary N) is 2. The van der Waals surface area contributed by atoms with Gasteiger partial charge in [0.1, 0.15) is 11.3 Å². The molecule has 1 spiro atoms. The Kier molecular flexibility index (Phi) is 6.34. The van der Waals surface area contributed by atoms with Crippen LogP contribution < -0.4 is 15.5 Å². The van der Waals surface area contributed by atoms with E-state index in [1.165, 1.54) is 13.0 Å². The number of ether oxygens (including phenoxy) is 2. The summed E-state index contributed by atoms with van der Waals surface area (Å²) in [6.45, 7) is 0.258. The first-order valence-corrected chi connectivity index (χ1v) is 9.66. The summed E-state index contributed by atoms with van der Waals surface area (Å²) in [5, 5.41) is 3.31. The van der Waals surface area contributed by atoms with E-state index in [1.54, 1.807) is 18.2 Å². The molecule has 10 nitrogen and oxygen atoms in total. The number of benzene rings is 1. The molecule has 2 fully saturated rings. The largest absolute Gasteiger partial charge is 0.482 e. The Morgan fingerprint density at radius 3 is 2.57 bits per heavy atom. The molecule has 0 radical (unpaired) electrons. The van der Waals surface area contributed by atoms with Gasteiger partial charge in [-0.2, -0.15) is 5.01 Å². The standard InChI is InChI=1S/C20H23N3O7/c1-13(24)14-6-5-7-15(10-14)29-12-17(26)30-11-16(25)22-23-18(27)20(21-19(23)28)8-3-2-4-9-20/h5-7,10H,2-4,8-9,11-12H2,1H3,(H,21,28)(H,22,25). The monoisotopic (exact) mass is 417 g/mol. The minimum absolute atomic E-state index is 0.143. The lowest BCUT2D eigenvalue weighted by molar-refractivity contribution is -0.152. The van der Waals surface area contributed by atoms with Gasteiger partial charge in [-0.1, -0.05) is 31.4 Å². The van der Waals surface area contributed by atoms with Crippen molar-refractivity contribution >= 4 is 29.6 Å². The van der Waals surface area contributed by atoms with Gasteiger partial charge in [-0.05, 0) is 31.9 Å². The van der Waals surface area contributed by atoms with Crippen LogP contribution in [0.15, 0.2) is 24.3 Å². The molecule has 1 aromatic rings. The summed E-state index contributed by atoms with van der Waals surface area (Å²) in [5.74, 6) is -1.98. The molecule has 1 heterocycles. The fraction of sp³-hybridized carbons (Fsp3) is 0.450. The zero-order chi connectivity index (χ0) is 21.7. The van der Waals surface area contributed by atoms with Crippen LogP contribution in [0.5, 0.6) is 5.75 Å². The predicted molar refractivity (Wildman–Crippen MR) is 102 cm³/mol. The van der Waals surface area contributed by atoms with E-state index in [0.717, 1.165) is 19.3 Å². The second-order valence-electron chi connectivity index (χ2n) is 7.28. The number of nitrogens with zero attached hydrogens (tertiary/aromatic N) is 1. The molecule has 0 aromatic heterocycles.